The maximum Gasteiger partial charge on any atom is 0.318 e. The lowest BCUT2D eigenvalue weighted by molar-refractivity contribution is -0.153. The van der Waals surface area contributed by atoms with E-state index in [1.54, 1.807) is 13.8 Å². The van der Waals surface area contributed by atoms with E-state index in [4.69, 9.17) is 6.42 Å². The van der Waals surface area contributed by atoms with Crippen LogP contribution in [0.15, 0.2) is 0 Å². The molecule has 3 nitrogen and oxygen atoms in total. The number of ether oxygens (including phenoxy) is 1. The van der Waals surface area contributed by atoms with Crippen molar-refractivity contribution in [3.63, 3.8) is 0 Å². The van der Waals surface area contributed by atoms with Gasteiger partial charge in [-0.2, -0.15) is 0 Å². The maximum atomic E-state index is 11.1. The van der Waals surface area contributed by atoms with Crippen molar-refractivity contribution >= 4 is 11.9 Å². The van der Waals surface area contributed by atoms with Crippen molar-refractivity contribution in [2.75, 3.05) is 0 Å². The third kappa shape index (κ3) is 1.33. The fourth-order valence-corrected chi connectivity index (χ4v) is 1.13. The molecule has 1 heterocycles. The van der Waals surface area contributed by atoms with Crippen molar-refractivity contribution in [1.29, 1.82) is 0 Å². The highest BCUT2D eigenvalue weighted by Gasteiger charge is 2.43. The van der Waals surface area contributed by atoms with Crippen molar-refractivity contribution in [2.45, 2.75) is 20.3 Å². The minimum absolute atomic E-state index is 0.107. The molecule has 12 heavy (non-hydrogen) atoms. The highest BCUT2D eigenvalue weighted by molar-refractivity contribution is 5.95. The van der Waals surface area contributed by atoms with E-state index in [2.05, 4.69) is 10.7 Å². The van der Waals surface area contributed by atoms with Gasteiger partial charge in [0.25, 0.3) is 0 Å². The molecule has 1 saturated heterocycles. The van der Waals surface area contributed by atoms with Crippen LogP contribution < -0.4 is 0 Å². The van der Waals surface area contributed by atoms with E-state index in [1.807, 2.05) is 0 Å². The number of carbonyl (C=O) groups excluding carboxylic acids is 2. The molecule has 1 fully saturated rings. The average Bonchev–Trinajstić information content (AvgIpc) is 2.31. The van der Waals surface area contributed by atoms with E-state index in [0.717, 1.165) is 0 Å². The minimum Gasteiger partial charge on any atom is -0.393 e. The van der Waals surface area contributed by atoms with E-state index in [9.17, 15) is 9.59 Å². The number of terminal acetylenes is 1. The molecule has 1 rings (SSSR count). The molecule has 1 aliphatic heterocycles. The minimum atomic E-state index is -0.594. The Morgan fingerprint density at radius 1 is 1.58 bits per heavy atom. The van der Waals surface area contributed by atoms with Crippen molar-refractivity contribution in [2.24, 2.45) is 11.3 Å². The molecule has 64 valence electrons. The van der Waals surface area contributed by atoms with Crippen LogP contribution in [0.3, 0.4) is 0 Å². The van der Waals surface area contributed by atoms with Crippen molar-refractivity contribution in [3.8, 4) is 12.3 Å². The van der Waals surface area contributed by atoms with Gasteiger partial charge in [0.2, 0.25) is 0 Å². The van der Waals surface area contributed by atoms with Crippen LogP contribution in [0.25, 0.3) is 0 Å². The summed E-state index contributed by atoms with van der Waals surface area (Å²) in [5, 5.41) is 0. The molecular weight excluding hydrogens is 156 g/mol. The summed E-state index contributed by atoms with van der Waals surface area (Å²) in [5.74, 6) is 1.03. The molecule has 3 heteroatoms. The molecule has 0 aromatic rings. The van der Waals surface area contributed by atoms with Crippen LogP contribution in [0, 0.1) is 23.7 Å². The average molecular weight is 166 g/mol. The van der Waals surface area contributed by atoms with Gasteiger partial charge in [0, 0.05) is 5.41 Å². The zero-order valence-corrected chi connectivity index (χ0v) is 7.09. The Labute approximate surface area is 71.1 Å². The Balaban J connectivity index is 2.85. The highest BCUT2D eigenvalue weighted by Crippen LogP contribution is 2.33. The first-order valence-electron chi connectivity index (χ1n) is 3.69. The molecule has 0 radical (unpaired) electrons. The molecule has 1 atom stereocenters. The van der Waals surface area contributed by atoms with Crippen LogP contribution in [-0.2, 0) is 14.3 Å². The second kappa shape index (κ2) is 2.63. The van der Waals surface area contributed by atoms with Gasteiger partial charge in [0.05, 0.1) is 12.3 Å². The molecule has 0 spiro atoms. The number of hydrogen-bond acceptors (Lipinski definition) is 3. The fourth-order valence-electron chi connectivity index (χ4n) is 1.13. The quantitative estimate of drug-likeness (QED) is 0.328. The molecular formula is C9H10O3. The lowest BCUT2D eigenvalue weighted by Crippen LogP contribution is -2.25. The second-order valence-corrected chi connectivity index (χ2v) is 3.42. The summed E-state index contributed by atoms with van der Waals surface area (Å²) in [6.07, 6.45) is 5.33. The Hall–Kier alpha value is -1.30. The number of carbonyl (C=O) groups is 2. The summed E-state index contributed by atoms with van der Waals surface area (Å²) in [6.45, 7) is 3.50. The number of hydrogen-bond donors (Lipinski definition) is 0. The standard InChI is InChI=1S/C9H10O3/c1-4-9(2,3)6-5-7(10)12-8(6)11/h1,6H,5H2,2-3H3. The Bertz CT molecular complexity index is 270. The highest BCUT2D eigenvalue weighted by atomic mass is 16.6. The Morgan fingerprint density at radius 2 is 2.17 bits per heavy atom. The summed E-state index contributed by atoms with van der Waals surface area (Å²) in [6, 6.07) is 0. The molecule has 0 amide bonds. The topological polar surface area (TPSA) is 43.4 Å². The lowest BCUT2D eigenvalue weighted by Gasteiger charge is -2.20. The van der Waals surface area contributed by atoms with E-state index >= 15 is 0 Å². The van der Waals surface area contributed by atoms with Crippen LogP contribution >= 0.6 is 0 Å². The van der Waals surface area contributed by atoms with Crippen molar-refractivity contribution in [3.05, 3.63) is 0 Å². The summed E-state index contributed by atoms with van der Waals surface area (Å²) >= 11 is 0. The van der Waals surface area contributed by atoms with E-state index in [1.165, 1.54) is 0 Å². The van der Waals surface area contributed by atoms with Crippen LogP contribution in [-0.4, -0.2) is 11.9 Å². The van der Waals surface area contributed by atoms with Crippen LogP contribution in [0.4, 0.5) is 0 Å². The second-order valence-electron chi connectivity index (χ2n) is 3.42. The van der Waals surface area contributed by atoms with Crippen LogP contribution in [0.2, 0.25) is 0 Å². The van der Waals surface area contributed by atoms with Gasteiger partial charge in [-0.25, -0.2) is 0 Å². The monoisotopic (exact) mass is 166 g/mol. The fraction of sp³-hybridized carbons (Fsp3) is 0.556. The third-order valence-electron chi connectivity index (χ3n) is 2.11. The van der Waals surface area contributed by atoms with Gasteiger partial charge in [0.15, 0.2) is 0 Å². The first-order chi connectivity index (χ1) is 5.47. The van der Waals surface area contributed by atoms with Gasteiger partial charge < -0.3 is 4.74 Å². The smallest absolute Gasteiger partial charge is 0.318 e. The molecule has 0 aromatic carbocycles. The first-order valence-corrected chi connectivity index (χ1v) is 3.69. The van der Waals surface area contributed by atoms with Gasteiger partial charge in [-0.05, 0) is 13.8 Å². The summed E-state index contributed by atoms with van der Waals surface area (Å²) in [7, 11) is 0. The molecule has 0 bridgehead atoms. The van der Waals surface area contributed by atoms with Crippen molar-refractivity contribution in [1.82, 2.24) is 0 Å². The van der Waals surface area contributed by atoms with E-state index in [0.29, 0.717) is 0 Å². The van der Waals surface area contributed by atoms with Crippen LogP contribution in [0.5, 0.6) is 0 Å². The van der Waals surface area contributed by atoms with Gasteiger partial charge in [0.1, 0.15) is 0 Å². The molecule has 1 unspecified atom stereocenters. The predicted molar refractivity (Wildman–Crippen MR) is 41.8 cm³/mol. The first kappa shape index (κ1) is 8.79. The number of cyclic esters (lactones) is 2. The van der Waals surface area contributed by atoms with Crippen LogP contribution in [0.1, 0.15) is 20.3 Å². The largest absolute Gasteiger partial charge is 0.393 e. The molecule has 0 saturated carbocycles. The number of rotatable bonds is 1. The molecule has 1 aliphatic rings. The summed E-state index contributed by atoms with van der Waals surface area (Å²) in [5.41, 5.74) is -0.594. The predicted octanol–water partition coefficient (Wildman–Crippen LogP) is 0.735. The maximum absolute atomic E-state index is 11.1. The lowest BCUT2D eigenvalue weighted by atomic mass is 9.79. The van der Waals surface area contributed by atoms with Gasteiger partial charge >= 0.3 is 11.9 Å². The number of esters is 2. The van der Waals surface area contributed by atoms with Gasteiger partial charge in [-0.3, -0.25) is 9.59 Å². The normalized spacial score (nSPS) is 23.6. The van der Waals surface area contributed by atoms with Gasteiger partial charge in [-0.1, -0.05) is 5.92 Å². The van der Waals surface area contributed by atoms with Crippen molar-refractivity contribution < 1.29 is 14.3 Å². The zero-order chi connectivity index (χ0) is 9.35. The van der Waals surface area contributed by atoms with E-state index < -0.39 is 23.3 Å². The summed E-state index contributed by atoms with van der Waals surface area (Å²) in [4.78, 5) is 21.8. The zero-order valence-electron chi connectivity index (χ0n) is 7.09. The third-order valence-corrected chi connectivity index (χ3v) is 2.11. The Kier molecular flexibility index (Phi) is 1.93. The summed E-state index contributed by atoms with van der Waals surface area (Å²) < 4.78 is 4.39. The molecule has 0 N–H and O–H groups in total. The molecule has 0 aliphatic carbocycles. The SMILES string of the molecule is C#CC(C)(C)C1CC(=O)OC1=O. The van der Waals surface area contributed by atoms with Gasteiger partial charge in [-0.15, -0.1) is 6.42 Å². The Morgan fingerprint density at radius 3 is 2.50 bits per heavy atom. The van der Waals surface area contributed by atoms with E-state index in [-0.39, 0.29) is 6.42 Å². The molecule has 0 aromatic heterocycles.